The number of amides is 3. The van der Waals surface area contributed by atoms with Gasteiger partial charge in [-0.05, 0) is 96.0 Å². The zero-order valence-corrected chi connectivity index (χ0v) is 26.6. The molecule has 10 heteroatoms. The van der Waals surface area contributed by atoms with Gasteiger partial charge in [0.2, 0.25) is 5.91 Å². The maximum Gasteiger partial charge on any atom is 0.408 e. The molecule has 3 amide bonds. The number of rotatable bonds is 9. The van der Waals surface area contributed by atoms with E-state index in [0.29, 0.717) is 22.6 Å². The maximum absolute atomic E-state index is 14.6. The van der Waals surface area contributed by atoms with Gasteiger partial charge in [-0.25, -0.2) is 4.79 Å². The molecular formula is C34H43N3O7. The van der Waals surface area contributed by atoms with Crippen molar-refractivity contribution in [1.29, 1.82) is 0 Å². The third-order valence-electron chi connectivity index (χ3n) is 6.75. The predicted molar refractivity (Wildman–Crippen MR) is 169 cm³/mol. The molecule has 4 N–H and O–H groups in total. The van der Waals surface area contributed by atoms with Crippen molar-refractivity contribution >= 4 is 23.6 Å². The maximum atomic E-state index is 14.6. The summed E-state index contributed by atoms with van der Waals surface area (Å²) in [5, 5.41) is 26.5. The molecule has 0 aromatic heterocycles. The number of carbonyl (C=O) groups is 3. The quantitative estimate of drug-likeness (QED) is 0.240. The number of phenolic OH excluding ortho intramolecular Hbond substituents is 2. The van der Waals surface area contributed by atoms with Crippen molar-refractivity contribution in [1.82, 2.24) is 10.2 Å². The van der Waals surface area contributed by atoms with Gasteiger partial charge in [-0.1, -0.05) is 30.3 Å². The zero-order valence-electron chi connectivity index (χ0n) is 26.6. The molecule has 2 unspecified atom stereocenters. The summed E-state index contributed by atoms with van der Waals surface area (Å²) in [6, 6.07) is 15.5. The van der Waals surface area contributed by atoms with Gasteiger partial charge in [-0.3, -0.25) is 9.59 Å². The minimum Gasteiger partial charge on any atom is -0.508 e. The number of hydrogen-bond acceptors (Lipinski definition) is 7. The van der Waals surface area contributed by atoms with Crippen LogP contribution in [0.25, 0.3) is 0 Å². The second-order valence-corrected chi connectivity index (χ2v) is 12.6. The van der Waals surface area contributed by atoms with Crippen molar-refractivity contribution in [2.24, 2.45) is 0 Å². The van der Waals surface area contributed by atoms with Crippen molar-refractivity contribution in [3.05, 3.63) is 83.4 Å². The summed E-state index contributed by atoms with van der Waals surface area (Å²) >= 11 is 0. The van der Waals surface area contributed by atoms with Crippen LogP contribution in [0.5, 0.6) is 17.2 Å². The fraction of sp³-hybridized carbons (Fsp3) is 0.382. The van der Waals surface area contributed by atoms with E-state index in [1.165, 1.54) is 24.1 Å². The number of anilines is 1. The third-order valence-corrected chi connectivity index (χ3v) is 6.75. The van der Waals surface area contributed by atoms with Gasteiger partial charge in [0.15, 0.2) is 0 Å². The summed E-state index contributed by atoms with van der Waals surface area (Å²) < 4.78 is 10.7. The summed E-state index contributed by atoms with van der Waals surface area (Å²) in [6.07, 6.45) is -0.765. The van der Waals surface area contributed by atoms with E-state index in [0.717, 1.165) is 0 Å². The number of alkyl carbamates (subject to hydrolysis) is 1. The highest BCUT2D eigenvalue weighted by Crippen LogP contribution is 2.37. The Balaban J connectivity index is 2.14. The van der Waals surface area contributed by atoms with Crippen LogP contribution < -0.4 is 15.4 Å². The highest BCUT2D eigenvalue weighted by Gasteiger charge is 2.43. The molecule has 44 heavy (non-hydrogen) atoms. The smallest absolute Gasteiger partial charge is 0.408 e. The molecule has 0 aliphatic heterocycles. The number of phenols is 2. The molecule has 0 aliphatic rings. The Labute approximate surface area is 259 Å². The van der Waals surface area contributed by atoms with Crippen LogP contribution in [-0.2, 0) is 20.7 Å². The molecule has 236 valence electrons. The lowest BCUT2D eigenvalue weighted by Crippen LogP contribution is -2.58. The SMILES string of the molecule is COc1ccc(NC(=O)C(c2cccc(C)c2O)N(C(=O)C(Cc2ccc(O)cc2)NC(=O)OC(C)(C)C)C(C)(C)C)cc1. The second kappa shape index (κ2) is 13.7. The van der Waals surface area contributed by atoms with E-state index in [4.69, 9.17) is 9.47 Å². The standard InChI is InChI=1S/C34H43N3O7/c1-21-10-9-11-26(29(21)39)28(30(40)35-23-14-18-25(43-8)19-15-23)37(33(2,3)4)31(41)27(36-32(42)44-34(5,6)7)20-22-12-16-24(38)17-13-22/h9-19,27-28,38-39H,20H2,1-8H3,(H,35,40)(H,36,42). The average Bonchev–Trinajstić information content (AvgIpc) is 2.92. The number of hydrogen-bond donors (Lipinski definition) is 4. The van der Waals surface area contributed by atoms with Crippen LogP contribution in [0.4, 0.5) is 10.5 Å². The van der Waals surface area contributed by atoms with E-state index < -0.39 is 41.1 Å². The average molecular weight is 606 g/mol. The van der Waals surface area contributed by atoms with Gasteiger partial charge >= 0.3 is 6.09 Å². The van der Waals surface area contributed by atoms with E-state index in [-0.39, 0.29) is 23.5 Å². The van der Waals surface area contributed by atoms with Crippen LogP contribution in [0.15, 0.2) is 66.7 Å². The van der Waals surface area contributed by atoms with E-state index in [2.05, 4.69) is 10.6 Å². The molecule has 0 radical (unpaired) electrons. The molecule has 0 spiro atoms. The van der Waals surface area contributed by atoms with Crippen LogP contribution >= 0.6 is 0 Å². The number of ether oxygens (including phenoxy) is 2. The molecule has 3 aromatic rings. The summed E-state index contributed by atoms with van der Waals surface area (Å²) in [5.74, 6) is -0.613. The van der Waals surface area contributed by atoms with Gasteiger partial charge in [-0.15, -0.1) is 0 Å². The zero-order chi connectivity index (χ0) is 32.8. The predicted octanol–water partition coefficient (Wildman–Crippen LogP) is 5.86. The molecule has 0 bridgehead atoms. The number of methoxy groups -OCH3 is 1. The Bertz CT molecular complexity index is 1460. The van der Waals surface area contributed by atoms with Gasteiger partial charge < -0.3 is 35.2 Å². The Morgan fingerprint density at radius 3 is 2.05 bits per heavy atom. The number of aryl methyl sites for hydroxylation is 1. The summed E-state index contributed by atoms with van der Waals surface area (Å²) in [5.41, 5.74) is 0.0653. The minimum atomic E-state index is -1.30. The summed E-state index contributed by atoms with van der Waals surface area (Å²) in [7, 11) is 1.54. The molecule has 3 aromatic carbocycles. The highest BCUT2D eigenvalue weighted by molar-refractivity contribution is 5.99. The highest BCUT2D eigenvalue weighted by atomic mass is 16.6. The molecule has 0 saturated heterocycles. The molecule has 2 atom stereocenters. The fourth-order valence-electron chi connectivity index (χ4n) is 4.72. The van der Waals surface area contributed by atoms with Crippen molar-refractivity contribution in [3.8, 4) is 17.2 Å². The Morgan fingerprint density at radius 1 is 0.886 bits per heavy atom. The Kier molecular flexibility index (Phi) is 10.5. The number of para-hydroxylation sites is 1. The fourth-order valence-corrected chi connectivity index (χ4v) is 4.72. The monoisotopic (exact) mass is 605 g/mol. The number of carbonyl (C=O) groups excluding carboxylic acids is 3. The molecule has 3 rings (SSSR count). The first-order valence-corrected chi connectivity index (χ1v) is 14.3. The van der Waals surface area contributed by atoms with Crippen molar-refractivity contribution in [2.45, 2.75) is 78.1 Å². The van der Waals surface area contributed by atoms with E-state index in [9.17, 15) is 24.6 Å². The van der Waals surface area contributed by atoms with Crippen LogP contribution in [-0.4, -0.2) is 57.3 Å². The third kappa shape index (κ3) is 8.89. The number of nitrogens with zero attached hydrogens (tertiary/aromatic N) is 1. The topological polar surface area (TPSA) is 137 Å². The van der Waals surface area contributed by atoms with Crippen LogP contribution in [0.2, 0.25) is 0 Å². The lowest BCUT2D eigenvalue weighted by molar-refractivity contribution is -0.146. The lowest BCUT2D eigenvalue weighted by atomic mass is 9.92. The largest absolute Gasteiger partial charge is 0.508 e. The molecular weight excluding hydrogens is 562 g/mol. The first-order chi connectivity index (χ1) is 20.5. The van der Waals surface area contributed by atoms with Crippen molar-refractivity contribution in [3.63, 3.8) is 0 Å². The van der Waals surface area contributed by atoms with Gasteiger partial charge in [0.05, 0.1) is 7.11 Å². The Morgan fingerprint density at radius 2 is 1.50 bits per heavy atom. The van der Waals surface area contributed by atoms with Crippen LogP contribution in [0, 0.1) is 6.92 Å². The Hall–Kier alpha value is -4.73. The summed E-state index contributed by atoms with van der Waals surface area (Å²) in [6.45, 7) is 12.2. The van der Waals surface area contributed by atoms with Crippen molar-refractivity contribution < 1.29 is 34.1 Å². The molecule has 10 nitrogen and oxygen atoms in total. The molecule has 0 heterocycles. The van der Waals surface area contributed by atoms with Gasteiger partial charge in [0.1, 0.15) is 34.9 Å². The number of benzene rings is 3. The van der Waals surface area contributed by atoms with Gasteiger partial charge in [0.25, 0.3) is 5.91 Å². The second-order valence-electron chi connectivity index (χ2n) is 12.6. The first-order valence-electron chi connectivity index (χ1n) is 14.3. The molecule has 0 aliphatic carbocycles. The van der Waals surface area contributed by atoms with Crippen molar-refractivity contribution in [2.75, 3.05) is 12.4 Å². The van der Waals surface area contributed by atoms with Gasteiger partial charge in [-0.2, -0.15) is 0 Å². The molecule has 0 fully saturated rings. The normalized spacial score (nSPS) is 12.9. The van der Waals surface area contributed by atoms with E-state index in [1.54, 1.807) is 103 Å². The number of nitrogens with one attached hydrogen (secondary N) is 2. The van der Waals surface area contributed by atoms with E-state index >= 15 is 0 Å². The van der Waals surface area contributed by atoms with Gasteiger partial charge in [0, 0.05) is 23.2 Å². The summed E-state index contributed by atoms with van der Waals surface area (Å²) in [4.78, 5) is 43.2. The first kappa shape index (κ1) is 33.8. The molecule has 0 saturated carbocycles. The van der Waals surface area contributed by atoms with E-state index in [1.807, 2.05) is 0 Å². The lowest BCUT2D eigenvalue weighted by Gasteiger charge is -2.43. The number of aromatic hydroxyl groups is 2. The van der Waals surface area contributed by atoms with Crippen LogP contribution in [0.1, 0.15) is 64.3 Å². The van der Waals surface area contributed by atoms with Crippen LogP contribution in [0.3, 0.4) is 0 Å². The minimum absolute atomic E-state index is 0.0392.